The number of carbonyl (C=O) groups excluding carboxylic acids is 1. The highest BCUT2D eigenvalue weighted by Crippen LogP contribution is 2.27. The number of oxime groups is 1. The van der Waals surface area contributed by atoms with Crippen molar-refractivity contribution in [3.8, 4) is 6.07 Å². The van der Waals surface area contributed by atoms with Crippen LogP contribution in [0.25, 0.3) is 0 Å². The van der Waals surface area contributed by atoms with Gasteiger partial charge < -0.3 is 9.74 Å². The average molecular weight is 334 g/mol. The van der Waals surface area contributed by atoms with Crippen LogP contribution in [0.1, 0.15) is 30.1 Å². The Morgan fingerprint density at radius 1 is 1.28 bits per heavy atom. The summed E-state index contributed by atoms with van der Waals surface area (Å²) in [6, 6.07) is 15.5. The molecule has 0 bridgehead atoms. The van der Waals surface area contributed by atoms with Gasteiger partial charge in [-0.3, -0.25) is 9.78 Å². The molecule has 0 radical (unpaired) electrons. The predicted octanol–water partition coefficient (Wildman–Crippen LogP) is 2.84. The van der Waals surface area contributed by atoms with Crippen molar-refractivity contribution in [2.75, 3.05) is 6.54 Å². The Hall–Kier alpha value is -3.20. The Morgan fingerprint density at radius 2 is 2.12 bits per heavy atom. The molecule has 0 aliphatic carbocycles. The summed E-state index contributed by atoms with van der Waals surface area (Å²) in [5.74, 6) is -0.197. The molecule has 0 fully saturated rings. The molecule has 0 N–H and O–H groups in total. The van der Waals surface area contributed by atoms with Crippen molar-refractivity contribution in [3.63, 3.8) is 0 Å². The van der Waals surface area contributed by atoms with Gasteiger partial charge in [0.15, 0.2) is 6.10 Å². The van der Waals surface area contributed by atoms with Crippen LogP contribution in [0.5, 0.6) is 0 Å². The van der Waals surface area contributed by atoms with E-state index in [-0.39, 0.29) is 18.4 Å². The molecule has 1 aromatic carbocycles. The molecule has 126 valence electrons. The summed E-state index contributed by atoms with van der Waals surface area (Å²) >= 11 is 0. The first-order valence-corrected chi connectivity index (χ1v) is 8.10. The fourth-order valence-corrected chi connectivity index (χ4v) is 2.68. The lowest BCUT2D eigenvalue weighted by Gasteiger charge is -2.21. The van der Waals surface area contributed by atoms with Crippen LogP contribution in [-0.4, -0.2) is 28.0 Å². The fourth-order valence-electron chi connectivity index (χ4n) is 2.68. The summed E-state index contributed by atoms with van der Waals surface area (Å²) in [7, 11) is 0. The van der Waals surface area contributed by atoms with E-state index < -0.39 is 0 Å². The van der Waals surface area contributed by atoms with E-state index in [4.69, 9.17) is 10.1 Å². The molecule has 25 heavy (non-hydrogen) atoms. The number of carbonyl (C=O) groups is 1. The SMILES string of the molecule is N#CCCN(Cc1cccnc1)C(=O)C1=NOC(c2ccccc2)C1. The monoisotopic (exact) mass is 334 g/mol. The lowest BCUT2D eigenvalue weighted by Crippen LogP contribution is -2.36. The normalized spacial score (nSPS) is 15.8. The molecular weight excluding hydrogens is 316 g/mol. The summed E-state index contributed by atoms with van der Waals surface area (Å²) in [6.45, 7) is 0.739. The predicted molar refractivity (Wildman–Crippen MR) is 92.2 cm³/mol. The number of nitrogens with zero attached hydrogens (tertiary/aromatic N) is 4. The van der Waals surface area contributed by atoms with E-state index >= 15 is 0 Å². The first kappa shape index (κ1) is 16.7. The number of amides is 1. The van der Waals surface area contributed by atoms with Gasteiger partial charge in [0.05, 0.1) is 12.5 Å². The standard InChI is InChI=1S/C19H18N4O2/c20-9-5-11-23(14-15-6-4-10-21-13-15)19(24)17-12-18(25-22-17)16-7-2-1-3-8-16/h1-4,6-8,10,13,18H,5,11-12,14H2. The minimum Gasteiger partial charge on any atom is -0.387 e. The van der Waals surface area contributed by atoms with Gasteiger partial charge in [-0.2, -0.15) is 5.26 Å². The van der Waals surface area contributed by atoms with E-state index in [1.54, 1.807) is 17.3 Å². The third-order valence-electron chi connectivity index (χ3n) is 3.96. The second-order valence-corrected chi connectivity index (χ2v) is 5.74. The third kappa shape index (κ3) is 4.21. The largest absolute Gasteiger partial charge is 0.387 e. The summed E-state index contributed by atoms with van der Waals surface area (Å²) in [5.41, 5.74) is 2.29. The molecule has 0 saturated heterocycles. The van der Waals surface area contributed by atoms with Crippen LogP contribution in [0.3, 0.4) is 0 Å². The fraction of sp³-hybridized carbons (Fsp3) is 0.263. The second kappa shape index (κ2) is 8.06. The van der Waals surface area contributed by atoms with Crippen LogP contribution in [0.2, 0.25) is 0 Å². The highest BCUT2D eigenvalue weighted by atomic mass is 16.6. The van der Waals surface area contributed by atoms with Gasteiger partial charge in [-0.15, -0.1) is 0 Å². The van der Waals surface area contributed by atoms with E-state index in [1.165, 1.54) is 0 Å². The number of nitriles is 1. The quantitative estimate of drug-likeness (QED) is 0.814. The summed E-state index contributed by atoms with van der Waals surface area (Å²) in [5, 5.41) is 12.9. The zero-order chi connectivity index (χ0) is 17.5. The van der Waals surface area contributed by atoms with Crippen molar-refractivity contribution in [2.45, 2.75) is 25.5 Å². The molecule has 3 rings (SSSR count). The van der Waals surface area contributed by atoms with Gasteiger partial charge in [-0.05, 0) is 17.2 Å². The van der Waals surface area contributed by atoms with Crippen molar-refractivity contribution in [1.82, 2.24) is 9.88 Å². The summed E-state index contributed by atoms with van der Waals surface area (Å²) in [6.07, 6.45) is 3.86. The van der Waals surface area contributed by atoms with Gasteiger partial charge in [-0.25, -0.2) is 0 Å². The van der Waals surface area contributed by atoms with Gasteiger partial charge in [0.25, 0.3) is 5.91 Å². The Balaban J connectivity index is 1.69. The van der Waals surface area contributed by atoms with Crippen molar-refractivity contribution in [1.29, 1.82) is 5.26 Å². The van der Waals surface area contributed by atoms with Gasteiger partial charge in [-0.1, -0.05) is 41.6 Å². The minimum absolute atomic E-state index is 0.197. The average Bonchev–Trinajstić information content (AvgIpc) is 3.16. The van der Waals surface area contributed by atoms with E-state index in [1.807, 2.05) is 42.5 Å². The van der Waals surface area contributed by atoms with Gasteiger partial charge in [0.1, 0.15) is 5.71 Å². The first-order chi connectivity index (χ1) is 12.3. The van der Waals surface area contributed by atoms with Crippen molar-refractivity contribution in [2.24, 2.45) is 5.16 Å². The van der Waals surface area contributed by atoms with E-state index in [0.717, 1.165) is 11.1 Å². The Kier molecular flexibility index (Phi) is 5.37. The van der Waals surface area contributed by atoms with Crippen LogP contribution in [-0.2, 0) is 16.2 Å². The Morgan fingerprint density at radius 3 is 2.84 bits per heavy atom. The van der Waals surface area contributed by atoms with Gasteiger partial charge in [0.2, 0.25) is 0 Å². The van der Waals surface area contributed by atoms with E-state index in [2.05, 4.69) is 16.2 Å². The van der Waals surface area contributed by atoms with Crippen LogP contribution in [0, 0.1) is 11.3 Å². The van der Waals surface area contributed by atoms with Crippen molar-refractivity contribution < 1.29 is 9.63 Å². The molecule has 1 unspecified atom stereocenters. The first-order valence-electron chi connectivity index (χ1n) is 8.10. The number of aromatic nitrogens is 1. The maximum absolute atomic E-state index is 12.8. The van der Waals surface area contributed by atoms with Gasteiger partial charge >= 0.3 is 0 Å². The maximum Gasteiger partial charge on any atom is 0.272 e. The zero-order valence-corrected chi connectivity index (χ0v) is 13.7. The molecule has 0 spiro atoms. The number of benzene rings is 1. The summed E-state index contributed by atoms with van der Waals surface area (Å²) < 4.78 is 0. The molecule has 1 atom stereocenters. The highest BCUT2D eigenvalue weighted by Gasteiger charge is 2.30. The van der Waals surface area contributed by atoms with Crippen LogP contribution in [0.4, 0.5) is 0 Å². The third-order valence-corrected chi connectivity index (χ3v) is 3.96. The molecule has 0 saturated carbocycles. The number of hydrogen-bond donors (Lipinski definition) is 0. The van der Waals surface area contributed by atoms with Crippen molar-refractivity contribution in [3.05, 3.63) is 66.0 Å². The van der Waals surface area contributed by atoms with E-state index in [9.17, 15) is 4.79 Å². The molecule has 1 aliphatic heterocycles. The lowest BCUT2D eigenvalue weighted by molar-refractivity contribution is -0.124. The maximum atomic E-state index is 12.8. The number of hydrogen-bond acceptors (Lipinski definition) is 5. The van der Waals surface area contributed by atoms with Crippen LogP contribution >= 0.6 is 0 Å². The van der Waals surface area contributed by atoms with Crippen LogP contribution < -0.4 is 0 Å². The molecule has 6 nitrogen and oxygen atoms in total. The molecule has 6 heteroatoms. The molecular formula is C19H18N4O2. The molecule has 1 aliphatic rings. The second-order valence-electron chi connectivity index (χ2n) is 5.74. The molecule has 1 aromatic heterocycles. The number of rotatable bonds is 6. The topological polar surface area (TPSA) is 78.6 Å². The Labute approximate surface area is 146 Å². The van der Waals surface area contributed by atoms with Crippen molar-refractivity contribution >= 4 is 11.6 Å². The summed E-state index contributed by atoms with van der Waals surface area (Å²) in [4.78, 5) is 23.9. The van der Waals surface area contributed by atoms with Crippen LogP contribution in [0.15, 0.2) is 60.0 Å². The Bertz CT molecular complexity index is 784. The minimum atomic E-state index is -0.239. The molecule has 1 amide bonds. The zero-order valence-electron chi connectivity index (χ0n) is 13.7. The smallest absolute Gasteiger partial charge is 0.272 e. The molecule has 2 heterocycles. The molecule has 2 aromatic rings. The van der Waals surface area contributed by atoms with E-state index in [0.29, 0.717) is 25.2 Å². The number of pyridine rings is 1. The lowest BCUT2D eigenvalue weighted by atomic mass is 10.0. The highest BCUT2D eigenvalue weighted by molar-refractivity contribution is 6.39. The van der Waals surface area contributed by atoms with Gasteiger partial charge in [0, 0.05) is 31.9 Å².